The maximum atomic E-state index is 12.1. The van der Waals surface area contributed by atoms with Crippen LogP contribution < -0.4 is 0 Å². The number of carbonyl (C=O) groups is 1. The average Bonchev–Trinajstić information content (AvgIpc) is 2.83. The van der Waals surface area contributed by atoms with Gasteiger partial charge in [-0.2, -0.15) is 0 Å². The lowest BCUT2D eigenvalue weighted by atomic mass is 10.2. The van der Waals surface area contributed by atoms with Crippen LogP contribution in [0.15, 0.2) is 42.6 Å². The molecular formula is C17H15ClN2O2. The van der Waals surface area contributed by atoms with Gasteiger partial charge in [0.15, 0.2) is 0 Å². The number of ether oxygens (including phenoxy) is 1. The third kappa shape index (κ3) is 2.70. The van der Waals surface area contributed by atoms with Crippen molar-refractivity contribution in [2.45, 2.75) is 20.5 Å². The summed E-state index contributed by atoms with van der Waals surface area (Å²) in [6.45, 7) is 4.10. The van der Waals surface area contributed by atoms with Crippen LogP contribution in [-0.2, 0) is 11.3 Å². The first kappa shape index (κ1) is 14.6. The van der Waals surface area contributed by atoms with Crippen LogP contribution in [0.1, 0.15) is 27.3 Å². The lowest BCUT2D eigenvalue weighted by Crippen LogP contribution is -2.07. The van der Waals surface area contributed by atoms with Gasteiger partial charge in [-0.1, -0.05) is 17.7 Å². The molecule has 5 heteroatoms. The van der Waals surface area contributed by atoms with Gasteiger partial charge < -0.3 is 9.14 Å². The summed E-state index contributed by atoms with van der Waals surface area (Å²) in [7, 11) is 0. The molecule has 3 rings (SSSR count). The SMILES string of the molecule is Cc1nc2c(C)cccn2c1COC(=O)c1ccc(Cl)cc1. The third-order valence-corrected chi connectivity index (χ3v) is 3.82. The molecule has 4 nitrogen and oxygen atoms in total. The Morgan fingerprint density at radius 1 is 1.23 bits per heavy atom. The molecule has 0 spiro atoms. The molecule has 2 aromatic heterocycles. The van der Waals surface area contributed by atoms with Crippen molar-refractivity contribution in [3.63, 3.8) is 0 Å². The second kappa shape index (κ2) is 5.81. The molecule has 1 aromatic carbocycles. The Balaban J connectivity index is 1.82. The van der Waals surface area contributed by atoms with Gasteiger partial charge in [-0.15, -0.1) is 0 Å². The molecule has 3 aromatic rings. The second-order valence-corrected chi connectivity index (χ2v) is 5.55. The van der Waals surface area contributed by atoms with E-state index in [0.717, 1.165) is 22.6 Å². The molecule has 0 atom stereocenters. The number of hydrogen-bond donors (Lipinski definition) is 0. The van der Waals surface area contributed by atoms with Gasteiger partial charge >= 0.3 is 5.97 Å². The second-order valence-electron chi connectivity index (χ2n) is 5.11. The maximum absolute atomic E-state index is 12.1. The van der Waals surface area contributed by atoms with Gasteiger partial charge in [0.1, 0.15) is 12.3 Å². The minimum atomic E-state index is -0.376. The normalized spacial score (nSPS) is 10.9. The number of carbonyl (C=O) groups excluding carboxylic acids is 1. The van der Waals surface area contributed by atoms with Crippen LogP contribution in [0.3, 0.4) is 0 Å². The van der Waals surface area contributed by atoms with Crippen LogP contribution in [0.4, 0.5) is 0 Å². The van der Waals surface area contributed by atoms with Crippen molar-refractivity contribution in [3.8, 4) is 0 Å². The predicted molar refractivity (Wildman–Crippen MR) is 85.2 cm³/mol. The molecule has 0 radical (unpaired) electrons. The monoisotopic (exact) mass is 314 g/mol. The number of nitrogens with zero attached hydrogens (tertiary/aromatic N) is 2. The van der Waals surface area contributed by atoms with E-state index < -0.39 is 0 Å². The Kier molecular flexibility index (Phi) is 3.86. The molecular weight excluding hydrogens is 300 g/mol. The van der Waals surface area contributed by atoms with Crippen molar-refractivity contribution >= 4 is 23.2 Å². The van der Waals surface area contributed by atoms with Gasteiger partial charge in [0.05, 0.1) is 17.0 Å². The van der Waals surface area contributed by atoms with Crippen LogP contribution in [0.5, 0.6) is 0 Å². The number of aromatic nitrogens is 2. The number of aryl methyl sites for hydroxylation is 2. The molecule has 0 unspecified atom stereocenters. The zero-order chi connectivity index (χ0) is 15.7. The Morgan fingerprint density at radius 2 is 1.95 bits per heavy atom. The Hall–Kier alpha value is -2.33. The molecule has 112 valence electrons. The topological polar surface area (TPSA) is 43.6 Å². The quantitative estimate of drug-likeness (QED) is 0.687. The van der Waals surface area contributed by atoms with Crippen LogP contribution in [0.2, 0.25) is 5.02 Å². The number of rotatable bonds is 3. The molecule has 0 aliphatic rings. The summed E-state index contributed by atoms with van der Waals surface area (Å²) < 4.78 is 7.36. The lowest BCUT2D eigenvalue weighted by Gasteiger charge is -2.06. The van der Waals surface area contributed by atoms with Gasteiger partial charge in [0.25, 0.3) is 0 Å². The summed E-state index contributed by atoms with van der Waals surface area (Å²) in [6.07, 6.45) is 1.92. The Bertz CT molecular complexity index is 838. The molecule has 0 aliphatic heterocycles. The first-order valence-corrected chi connectivity index (χ1v) is 7.30. The van der Waals surface area contributed by atoms with E-state index in [1.807, 2.05) is 36.6 Å². The largest absolute Gasteiger partial charge is 0.456 e. The Labute approximate surface area is 133 Å². The number of esters is 1. The van der Waals surface area contributed by atoms with Gasteiger partial charge in [-0.05, 0) is 49.7 Å². The zero-order valence-corrected chi connectivity index (χ0v) is 13.1. The summed E-state index contributed by atoms with van der Waals surface area (Å²) in [5.41, 5.74) is 4.18. The van der Waals surface area contributed by atoms with E-state index in [0.29, 0.717) is 10.6 Å². The molecule has 0 amide bonds. The van der Waals surface area contributed by atoms with E-state index in [-0.39, 0.29) is 12.6 Å². The molecule has 22 heavy (non-hydrogen) atoms. The summed E-state index contributed by atoms with van der Waals surface area (Å²) >= 11 is 5.81. The highest BCUT2D eigenvalue weighted by Gasteiger charge is 2.13. The summed E-state index contributed by atoms with van der Waals surface area (Å²) in [6, 6.07) is 10.6. The maximum Gasteiger partial charge on any atom is 0.338 e. The van der Waals surface area contributed by atoms with E-state index in [2.05, 4.69) is 4.98 Å². The van der Waals surface area contributed by atoms with Crippen LogP contribution >= 0.6 is 11.6 Å². The smallest absolute Gasteiger partial charge is 0.338 e. The van der Waals surface area contributed by atoms with Crippen molar-refractivity contribution in [2.75, 3.05) is 0 Å². The van der Waals surface area contributed by atoms with Crippen molar-refractivity contribution in [3.05, 3.63) is 70.1 Å². The first-order valence-electron chi connectivity index (χ1n) is 6.92. The van der Waals surface area contributed by atoms with E-state index >= 15 is 0 Å². The fourth-order valence-electron chi connectivity index (χ4n) is 2.34. The van der Waals surface area contributed by atoms with E-state index in [1.54, 1.807) is 24.3 Å². The fourth-order valence-corrected chi connectivity index (χ4v) is 2.47. The van der Waals surface area contributed by atoms with Crippen molar-refractivity contribution < 1.29 is 9.53 Å². The van der Waals surface area contributed by atoms with E-state index in [1.165, 1.54) is 0 Å². The standard InChI is InChI=1S/C17H15ClN2O2/c1-11-4-3-9-20-15(12(2)19-16(11)20)10-22-17(21)13-5-7-14(18)8-6-13/h3-9H,10H2,1-2H3. The third-order valence-electron chi connectivity index (χ3n) is 3.56. The van der Waals surface area contributed by atoms with Crippen molar-refractivity contribution in [2.24, 2.45) is 0 Å². The molecule has 0 saturated carbocycles. The zero-order valence-electron chi connectivity index (χ0n) is 12.3. The molecule has 0 bridgehead atoms. The predicted octanol–water partition coefficient (Wildman–Crippen LogP) is 3.96. The number of imidazole rings is 1. The lowest BCUT2D eigenvalue weighted by molar-refractivity contribution is 0.0466. The van der Waals surface area contributed by atoms with Crippen LogP contribution in [0.25, 0.3) is 5.65 Å². The highest BCUT2D eigenvalue weighted by Crippen LogP contribution is 2.17. The summed E-state index contributed by atoms with van der Waals surface area (Å²) in [5, 5.41) is 0.588. The number of halogens is 1. The average molecular weight is 315 g/mol. The fraction of sp³-hybridized carbons (Fsp3) is 0.176. The van der Waals surface area contributed by atoms with E-state index in [4.69, 9.17) is 16.3 Å². The summed E-state index contributed by atoms with van der Waals surface area (Å²) in [4.78, 5) is 16.6. The number of hydrogen-bond acceptors (Lipinski definition) is 3. The van der Waals surface area contributed by atoms with Crippen molar-refractivity contribution in [1.29, 1.82) is 0 Å². The minimum Gasteiger partial charge on any atom is -0.456 e. The van der Waals surface area contributed by atoms with Crippen LogP contribution in [0, 0.1) is 13.8 Å². The van der Waals surface area contributed by atoms with Gasteiger partial charge in [0, 0.05) is 11.2 Å². The van der Waals surface area contributed by atoms with E-state index in [9.17, 15) is 4.79 Å². The molecule has 0 fully saturated rings. The molecule has 0 aliphatic carbocycles. The molecule has 2 heterocycles. The Morgan fingerprint density at radius 3 is 2.68 bits per heavy atom. The molecule has 0 saturated heterocycles. The van der Waals surface area contributed by atoms with Gasteiger partial charge in [0.2, 0.25) is 0 Å². The summed E-state index contributed by atoms with van der Waals surface area (Å²) in [5.74, 6) is -0.376. The first-order chi connectivity index (χ1) is 10.6. The van der Waals surface area contributed by atoms with Gasteiger partial charge in [-0.25, -0.2) is 9.78 Å². The van der Waals surface area contributed by atoms with Crippen molar-refractivity contribution in [1.82, 2.24) is 9.38 Å². The number of benzene rings is 1. The highest BCUT2D eigenvalue weighted by atomic mass is 35.5. The minimum absolute atomic E-state index is 0.178. The van der Waals surface area contributed by atoms with Gasteiger partial charge in [-0.3, -0.25) is 0 Å². The highest BCUT2D eigenvalue weighted by molar-refractivity contribution is 6.30. The molecule has 0 N–H and O–H groups in total. The number of pyridine rings is 1. The van der Waals surface area contributed by atoms with Crippen LogP contribution in [-0.4, -0.2) is 15.4 Å². The number of fused-ring (bicyclic) bond motifs is 1.